The Kier molecular flexibility index (Phi) is 5.26. The summed E-state index contributed by atoms with van der Waals surface area (Å²) >= 11 is 0. The smallest absolute Gasteiger partial charge is 0.225 e. The number of hydrogen-bond acceptors (Lipinski definition) is 4. The first-order valence-electron chi connectivity index (χ1n) is 11.6. The Morgan fingerprint density at radius 2 is 1.78 bits per heavy atom. The molecule has 0 fully saturated rings. The number of pyridine rings is 2. The highest BCUT2D eigenvalue weighted by molar-refractivity contribution is 6.01. The Bertz CT molecular complexity index is 1740. The molecule has 176 valence electrons. The lowest BCUT2D eigenvalue weighted by molar-refractivity contribution is -0.115. The molecule has 0 spiro atoms. The Hall–Kier alpha value is -4.85. The van der Waals surface area contributed by atoms with Gasteiger partial charge in [-0.15, -0.1) is 0 Å². The van der Waals surface area contributed by atoms with Crippen molar-refractivity contribution in [1.82, 2.24) is 25.1 Å². The summed E-state index contributed by atoms with van der Waals surface area (Å²) < 4.78 is 13.9. The van der Waals surface area contributed by atoms with Crippen molar-refractivity contribution in [3.63, 3.8) is 0 Å². The predicted molar refractivity (Wildman–Crippen MR) is 139 cm³/mol. The Morgan fingerprint density at radius 1 is 0.917 bits per heavy atom. The average Bonchev–Trinajstić information content (AvgIpc) is 3.52. The van der Waals surface area contributed by atoms with Crippen molar-refractivity contribution in [3.05, 3.63) is 84.9 Å². The van der Waals surface area contributed by atoms with E-state index in [0.29, 0.717) is 17.9 Å². The van der Waals surface area contributed by atoms with Gasteiger partial charge in [0.2, 0.25) is 5.91 Å². The van der Waals surface area contributed by atoms with Gasteiger partial charge in [-0.05, 0) is 53.6 Å². The quantitative estimate of drug-likeness (QED) is 0.271. The third kappa shape index (κ3) is 3.88. The Balaban J connectivity index is 1.40. The molecule has 8 heteroatoms. The van der Waals surface area contributed by atoms with E-state index in [1.165, 1.54) is 12.1 Å². The zero-order valence-electron chi connectivity index (χ0n) is 19.3. The zero-order chi connectivity index (χ0) is 24.6. The van der Waals surface area contributed by atoms with Gasteiger partial charge < -0.3 is 10.3 Å². The number of aromatic nitrogens is 5. The van der Waals surface area contributed by atoms with Crippen molar-refractivity contribution in [3.8, 4) is 33.6 Å². The number of anilines is 1. The fourth-order valence-corrected chi connectivity index (χ4v) is 4.33. The molecule has 2 aromatic carbocycles. The molecule has 6 aromatic rings. The summed E-state index contributed by atoms with van der Waals surface area (Å²) in [6.07, 6.45) is 3.86. The lowest BCUT2D eigenvalue weighted by Gasteiger charge is -2.05. The van der Waals surface area contributed by atoms with Crippen LogP contribution in [-0.2, 0) is 4.79 Å². The summed E-state index contributed by atoms with van der Waals surface area (Å²) in [5.41, 5.74) is 6.70. The van der Waals surface area contributed by atoms with Gasteiger partial charge in [0.15, 0.2) is 5.65 Å². The molecular formula is C28H21FN6O. The van der Waals surface area contributed by atoms with Crippen LogP contribution in [0, 0.1) is 5.82 Å². The van der Waals surface area contributed by atoms with Crippen molar-refractivity contribution in [1.29, 1.82) is 0 Å². The maximum absolute atomic E-state index is 13.9. The summed E-state index contributed by atoms with van der Waals surface area (Å²) in [4.78, 5) is 23.9. The number of amides is 1. The van der Waals surface area contributed by atoms with Crippen molar-refractivity contribution >= 4 is 33.7 Å². The second-order valence-electron chi connectivity index (χ2n) is 8.49. The van der Waals surface area contributed by atoms with Gasteiger partial charge in [-0.1, -0.05) is 31.2 Å². The van der Waals surface area contributed by atoms with Crippen LogP contribution in [0.4, 0.5) is 10.2 Å². The van der Waals surface area contributed by atoms with Crippen LogP contribution < -0.4 is 5.32 Å². The summed E-state index contributed by atoms with van der Waals surface area (Å²) in [6.45, 7) is 1.79. The first-order valence-corrected chi connectivity index (χ1v) is 11.6. The molecule has 0 radical (unpaired) electrons. The number of hydrogen-bond donors (Lipinski definition) is 3. The number of aromatic amines is 2. The number of nitrogens with zero attached hydrogens (tertiary/aromatic N) is 3. The summed E-state index contributed by atoms with van der Waals surface area (Å²) in [7, 11) is 0. The van der Waals surface area contributed by atoms with E-state index in [4.69, 9.17) is 0 Å². The molecular weight excluding hydrogens is 455 g/mol. The number of fused-ring (bicyclic) bond motifs is 2. The highest BCUT2D eigenvalue weighted by Crippen LogP contribution is 2.35. The summed E-state index contributed by atoms with van der Waals surface area (Å²) in [5.74, 6) is 0.157. The third-order valence-corrected chi connectivity index (χ3v) is 6.16. The van der Waals surface area contributed by atoms with Crippen LogP contribution in [0.2, 0.25) is 0 Å². The molecule has 6 rings (SSSR count). The maximum atomic E-state index is 13.9. The van der Waals surface area contributed by atoms with E-state index < -0.39 is 0 Å². The standard InChI is InChI=1S/C28H21FN6O/c1-2-26(36)33-25-10-9-17(14-30-25)18-12-22-27(34-35-28(22)31-15-18)24-13-21-20(7-4-8-23(21)32-24)16-5-3-6-19(29)11-16/h3-15,32H,2H2,1H3,(H,30,33,36)(H,31,34,35). The molecule has 0 aliphatic heterocycles. The van der Waals surface area contributed by atoms with E-state index >= 15 is 0 Å². The van der Waals surface area contributed by atoms with E-state index in [-0.39, 0.29) is 11.7 Å². The number of nitrogens with one attached hydrogen (secondary N) is 3. The monoisotopic (exact) mass is 476 g/mol. The largest absolute Gasteiger partial charge is 0.353 e. The first kappa shape index (κ1) is 21.7. The van der Waals surface area contributed by atoms with Crippen molar-refractivity contribution in [2.75, 3.05) is 5.32 Å². The zero-order valence-corrected chi connectivity index (χ0v) is 19.3. The number of halogens is 1. The van der Waals surface area contributed by atoms with Gasteiger partial charge >= 0.3 is 0 Å². The summed E-state index contributed by atoms with van der Waals surface area (Å²) in [5, 5.41) is 12.1. The fourth-order valence-electron chi connectivity index (χ4n) is 4.33. The lowest BCUT2D eigenvalue weighted by Crippen LogP contribution is -2.10. The first-order chi connectivity index (χ1) is 17.6. The molecule has 0 unspecified atom stereocenters. The summed E-state index contributed by atoms with van der Waals surface area (Å²) in [6, 6.07) is 20.3. The molecule has 0 atom stereocenters. The van der Waals surface area contributed by atoms with Gasteiger partial charge in [-0.25, -0.2) is 14.4 Å². The molecule has 4 aromatic heterocycles. The predicted octanol–water partition coefficient (Wildman–Crippen LogP) is 6.32. The minimum atomic E-state index is -0.270. The molecule has 0 saturated heterocycles. The van der Waals surface area contributed by atoms with Gasteiger partial charge in [-0.3, -0.25) is 9.89 Å². The third-order valence-electron chi connectivity index (χ3n) is 6.16. The fraction of sp³-hybridized carbons (Fsp3) is 0.0714. The van der Waals surface area contributed by atoms with Crippen molar-refractivity contribution < 1.29 is 9.18 Å². The van der Waals surface area contributed by atoms with Crippen LogP contribution in [0.3, 0.4) is 0 Å². The molecule has 0 aliphatic carbocycles. The molecule has 0 bridgehead atoms. The van der Waals surface area contributed by atoms with Gasteiger partial charge in [0.25, 0.3) is 0 Å². The lowest BCUT2D eigenvalue weighted by atomic mass is 10.0. The highest BCUT2D eigenvalue weighted by Gasteiger charge is 2.15. The van der Waals surface area contributed by atoms with Crippen molar-refractivity contribution in [2.24, 2.45) is 0 Å². The van der Waals surface area contributed by atoms with E-state index in [2.05, 4.69) is 30.5 Å². The van der Waals surface area contributed by atoms with Crippen LogP contribution in [0.25, 0.3) is 55.6 Å². The molecule has 1 amide bonds. The van der Waals surface area contributed by atoms with Crippen LogP contribution in [-0.4, -0.2) is 31.1 Å². The topological polar surface area (TPSA) is 99.4 Å². The molecule has 3 N–H and O–H groups in total. The van der Waals surface area contributed by atoms with E-state index in [0.717, 1.165) is 49.9 Å². The molecule has 4 heterocycles. The van der Waals surface area contributed by atoms with Crippen LogP contribution in [0.5, 0.6) is 0 Å². The second kappa shape index (κ2) is 8.74. The number of rotatable bonds is 5. The van der Waals surface area contributed by atoms with Gasteiger partial charge in [-0.2, -0.15) is 5.10 Å². The van der Waals surface area contributed by atoms with Gasteiger partial charge in [0, 0.05) is 46.2 Å². The number of carbonyl (C=O) groups is 1. The van der Waals surface area contributed by atoms with Crippen LogP contribution in [0.1, 0.15) is 13.3 Å². The number of carbonyl (C=O) groups excluding carboxylic acids is 1. The normalized spacial score (nSPS) is 11.3. The number of H-pyrrole nitrogens is 2. The minimum absolute atomic E-state index is 0.0831. The van der Waals surface area contributed by atoms with E-state index in [1.54, 1.807) is 31.5 Å². The Labute approximate surface area is 205 Å². The second-order valence-corrected chi connectivity index (χ2v) is 8.49. The van der Waals surface area contributed by atoms with Crippen LogP contribution >= 0.6 is 0 Å². The molecule has 0 aliphatic rings. The maximum Gasteiger partial charge on any atom is 0.225 e. The van der Waals surface area contributed by atoms with Gasteiger partial charge in [0.1, 0.15) is 11.6 Å². The SMILES string of the molecule is CCC(=O)Nc1ccc(-c2cnc3n[nH]c(-c4cc5c(-c6cccc(F)c6)cccc5[nH]4)c3c2)cn1. The Morgan fingerprint density at radius 3 is 2.58 bits per heavy atom. The van der Waals surface area contributed by atoms with E-state index in [9.17, 15) is 9.18 Å². The molecule has 7 nitrogen and oxygen atoms in total. The highest BCUT2D eigenvalue weighted by atomic mass is 19.1. The molecule has 36 heavy (non-hydrogen) atoms. The van der Waals surface area contributed by atoms with Crippen LogP contribution in [0.15, 0.2) is 79.1 Å². The molecule has 0 saturated carbocycles. The van der Waals surface area contributed by atoms with E-state index in [1.807, 2.05) is 42.5 Å². The number of benzene rings is 2. The minimum Gasteiger partial charge on any atom is -0.353 e. The average molecular weight is 477 g/mol. The van der Waals surface area contributed by atoms with Gasteiger partial charge in [0.05, 0.1) is 11.4 Å². The van der Waals surface area contributed by atoms with Crippen molar-refractivity contribution in [2.45, 2.75) is 13.3 Å².